The van der Waals surface area contributed by atoms with Crippen LogP contribution in [-0.2, 0) is 11.2 Å². The highest BCUT2D eigenvalue weighted by Gasteiger charge is 2.31. The summed E-state index contributed by atoms with van der Waals surface area (Å²) in [6.07, 6.45) is 1.44. The van der Waals surface area contributed by atoms with E-state index in [0.29, 0.717) is 0 Å². The second-order valence-electron chi connectivity index (χ2n) is 5.00. The van der Waals surface area contributed by atoms with Gasteiger partial charge in [0.2, 0.25) is 5.91 Å². The first kappa shape index (κ1) is 18.3. The molecule has 1 aromatic carbocycles. The van der Waals surface area contributed by atoms with E-state index in [1.807, 2.05) is 0 Å². The van der Waals surface area contributed by atoms with E-state index in [4.69, 9.17) is 0 Å². The molecule has 0 aliphatic heterocycles. The van der Waals surface area contributed by atoms with Gasteiger partial charge in [0.05, 0.1) is 0 Å². The summed E-state index contributed by atoms with van der Waals surface area (Å²) in [5, 5.41) is 12.3. The number of amides is 1. The first-order valence-corrected chi connectivity index (χ1v) is 7.27. The number of hydrogen-bond donors (Lipinski definition) is 2. The number of pyridine rings is 1. The number of phenols is 1. The number of nitrogens with one attached hydrogen (secondary N) is 1. The lowest BCUT2D eigenvalue weighted by Gasteiger charge is -2.11. The lowest BCUT2D eigenvalue weighted by Crippen LogP contribution is -2.23. The monoisotopic (exact) mass is 352 g/mol. The standard InChI is InChI=1S/C17H15F3N2O3/c18-17(19,20)25-14-4-5-15(23)13(10-14)7-9-22-16(24)6-3-12-2-1-8-21-11-12/h1-6,8,10-11,23H,7,9H2,(H,22,24). The topological polar surface area (TPSA) is 71.5 Å². The summed E-state index contributed by atoms with van der Waals surface area (Å²) in [5.41, 5.74) is 0.991. The number of phenolic OH excluding ortho intramolecular Hbond substituents is 1. The SMILES string of the molecule is O=C(C=Cc1cccnc1)NCCc1cc(OC(F)(F)F)ccc1O. The summed E-state index contributed by atoms with van der Waals surface area (Å²) in [5.74, 6) is -0.969. The smallest absolute Gasteiger partial charge is 0.508 e. The third kappa shape index (κ3) is 6.54. The predicted molar refractivity (Wildman–Crippen MR) is 84.8 cm³/mol. The summed E-state index contributed by atoms with van der Waals surface area (Å²) < 4.78 is 40.4. The number of benzene rings is 1. The molecule has 1 amide bonds. The van der Waals surface area contributed by atoms with Crippen LogP contribution in [0.2, 0.25) is 0 Å². The molecule has 0 fully saturated rings. The Morgan fingerprint density at radius 2 is 2.12 bits per heavy atom. The lowest BCUT2D eigenvalue weighted by atomic mass is 10.1. The van der Waals surface area contributed by atoms with E-state index in [2.05, 4.69) is 15.0 Å². The van der Waals surface area contributed by atoms with Crippen LogP contribution in [0.4, 0.5) is 13.2 Å². The predicted octanol–water partition coefficient (Wildman–Crippen LogP) is 3.06. The lowest BCUT2D eigenvalue weighted by molar-refractivity contribution is -0.274. The summed E-state index contributed by atoms with van der Waals surface area (Å²) in [7, 11) is 0. The Morgan fingerprint density at radius 1 is 1.32 bits per heavy atom. The van der Waals surface area contributed by atoms with Crippen LogP contribution in [0.3, 0.4) is 0 Å². The number of carbonyl (C=O) groups excluding carboxylic acids is 1. The fraction of sp³-hybridized carbons (Fsp3) is 0.176. The van der Waals surface area contributed by atoms with Crippen LogP contribution in [0.25, 0.3) is 6.08 Å². The number of ether oxygens (including phenoxy) is 1. The van der Waals surface area contributed by atoms with E-state index in [0.717, 1.165) is 23.8 Å². The molecule has 0 aliphatic carbocycles. The minimum absolute atomic E-state index is 0.138. The quantitative estimate of drug-likeness (QED) is 0.784. The van der Waals surface area contributed by atoms with Gasteiger partial charge >= 0.3 is 6.36 Å². The fourth-order valence-electron chi connectivity index (χ4n) is 1.98. The van der Waals surface area contributed by atoms with Gasteiger partial charge in [0.1, 0.15) is 11.5 Å². The number of carbonyl (C=O) groups is 1. The van der Waals surface area contributed by atoms with Crippen molar-refractivity contribution in [1.82, 2.24) is 10.3 Å². The molecule has 0 unspecified atom stereocenters. The Kier molecular flexibility index (Phi) is 5.99. The van der Waals surface area contributed by atoms with E-state index < -0.39 is 12.1 Å². The van der Waals surface area contributed by atoms with Crippen molar-refractivity contribution in [2.45, 2.75) is 12.8 Å². The molecular weight excluding hydrogens is 337 g/mol. The Balaban J connectivity index is 1.87. The van der Waals surface area contributed by atoms with Gasteiger partial charge < -0.3 is 15.2 Å². The van der Waals surface area contributed by atoms with Crippen LogP contribution in [0, 0.1) is 0 Å². The van der Waals surface area contributed by atoms with Gasteiger partial charge in [0, 0.05) is 25.0 Å². The van der Waals surface area contributed by atoms with Crippen LogP contribution in [0.15, 0.2) is 48.8 Å². The van der Waals surface area contributed by atoms with Gasteiger partial charge in [0.15, 0.2) is 0 Å². The molecule has 2 rings (SSSR count). The van der Waals surface area contributed by atoms with Gasteiger partial charge in [-0.3, -0.25) is 9.78 Å². The van der Waals surface area contributed by atoms with E-state index in [-0.39, 0.29) is 30.2 Å². The van der Waals surface area contributed by atoms with Crippen molar-refractivity contribution in [2.24, 2.45) is 0 Å². The van der Waals surface area contributed by atoms with Gasteiger partial charge in [-0.15, -0.1) is 13.2 Å². The Morgan fingerprint density at radius 3 is 2.80 bits per heavy atom. The molecule has 0 radical (unpaired) electrons. The number of nitrogens with zero attached hydrogens (tertiary/aromatic N) is 1. The highest BCUT2D eigenvalue weighted by Crippen LogP contribution is 2.27. The van der Waals surface area contributed by atoms with Crippen molar-refractivity contribution < 1.29 is 27.8 Å². The Bertz CT molecular complexity index is 747. The molecule has 5 nitrogen and oxygen atoms in total. The van der Waals surface area contributed by atoms with E-state index in [9.17, 15) is 23.1 Å². The Hall–Kier alpha value is -3.03. The third-order valence-electron chi connectivity index (χ3n) is 3.09. The highest BCUT2D eigenvalue weighted by molar-refractivity contribution is 5.91. The van der Waals surface area contributed by atoms with Crippen molar-refractivity contribution in [1.29, 1.82) is 0 Å². The molecule has 0 atom stereocenters. The molecule has 1 heterocycles. The normalized spacial score (nSPS) is 11.5. The van der Waals surface area contributed by atoms with Gasteiger partial charge in [-0.25, -0.2) is 0 Å². The largest absolute Gasteiger partial charge is 0.573 e. The zero-order valence-corrected chi connectivity index (χ0v) is 13.0. The van der Waals surface area contributed by atoms with Crippen LogP contribution >= 0.6 is 0 Å². The molecule has 2 aromatic rings. The number of aromatic nitrogens is 1. The minimum atomic E-state index is -4.81. The minimum Gasteiger partial charge on any atom is -0.508 e. The third-order valence-corrected chi connectivity index (χ3v) is 3.09. The Labute approximate surface area is 141 Å². The van der Waals surface area contributed by atoms with Crippen LogP contribution in [-0.4, -0.2) is 28.9 Å². The molecule has 8 heteroatoms. The first-order valence-electron chi connectivity index (χ1n) is 7.27. The molecule has 0 saturated heterocycles. The number of rotatable bonds is 6. The summed E-state index contributed by atoms with van der Waals surface area (Å²) in [4.78, 5) is 15.6. The molecular formula is C17H15F3N2O3. The van der Waals surface area contributed by atoms with Crippen molar-refractivity contribution in [3.8, 4) is 11.5 Å². The van der Waals surface area contributed by atoms with E-state index in [1.165, 1.54) is 6.08 Å². The zero-order valence-electron chi connectivity index (χ0n) is 13.0. The van der Waals surface area contributed by atoms with Crippen molar-refractivity contribution in [2.75, 3.05) is 6.54 Å². The molecule has 25 heavy (non-hydrogen) atoms. The van der Waals surface area contributed by atoms with Gasteiger partial charge in [0.25, 0.3) is 0 Å². The summed E-state index contributed by atoms with van der Waals surface area (Å²) in [6.45, 7) is 0.138. The second-order valence-corrected chi connectivity index (χ2v) is 5.00. The average molecular weight is 352 g/mol. The molecule has 132 valence electrons. The fourth-order valence-corrected chi connectivity index (χ4v) is 1.98. The van der Waals surface area contributed by atoms with E-state index in [1.54, 1.807) is 30.6 Å². The zero-order chi connectivity index (χ0) is 18.3. The number of halogens is 3. The van der Waals surface area contributed by atoms with Gasteiger partial charge in [-0.1, -0.05) is 6.07 Å². The van der Waals surface area contributed by atoms with Crippen LogP contribution in [0.1, 0.15) is 11.1 Å². The number of hydrogen-bond acceptors (Lipinski definition) is 4. The number of alkyl halides is 3. The molecule has 2 N–H and O–H groups in total. The molecule has 0 saturated carbocycles. The van der Waals surface area contributed by atoms with Crippen LogP contribution in [0.5, 0.6) is 11.5 Å². The van der Waals surface area contributed by atoms with Crippen molar-refractivity contribution in [3.63, 3.8) is 0 Å². The average Bonchev–Trinajstić information content (AvgIpc) is 2.55. The second kappa shape index (κ2) is 8.18. The van der Waals surface area contributed by atoms with Gasteiger partial charge in [-0.2, -0.15) is 0 Å². The summed E-state index contributed by atoms with van der Waals surface area (Å²) >= 11 is 0. The first-order chi connectivity index (χ1) is 11.8. The maximum Gasteiger partial charge on any atom is 0.573 e. The number of aromatic hydroxyl groups is 1. The maximum atomic E-state index is 12.2. The molecule has 1 aromatic heterocycles. The van der Waals surface area contributed by atoms with Crippen molar-refractivity contribution in [3.05, 3.63) is 59.9 Å². The molecule has 0 bridgehead atoms. The molecule has 0 spiro atoms. The highest BCUT2D eigenvalue weighted by atomic mass is 19.4. The summed E-state index contributed by atoms with van der Waals surface area (Å²) in [6, 6.07) is 6.72. The van der Waals surface area contributed by atoms with Crippen LogP contribution < -0.4 is 10.1 Å². The van der Waals surface area contributed by atoms with Crippen molar-refractivity contribution >= 4 is 12.0 Å². The van der Waals surface area contributed by atoms with Gasteiger partial charge in [-0.05, 0) is 47.9 Å². The molecule has 0 aliphatic rings. The van der Waals surface area contributed by atoms with E-state index >= 15 is 0 Å². The maximum absolute atomic E-state index is 12.2.